The Kier molecular flexibility index (Phi) is 8.46. The molecule has 4 heterocycles. The molecule has 4 aromatic heterocycles. The number of fused-ring (bicyclic) bond motifs is 6. The van der Waals surface area contributed by atoms with Crippen LogP contribution >= 0.6 is 0 Å². The fourth-order valence-corrected chi connectivity index (χ4v) is 9.27. The van der Waals surface area contributed by atoms with E-state index in [2.05, 4.69) is 215 Å². The van der Waals surface area contributed by atoms with Gasteiger partial charge in [0.05, 0.1) is 33.1 Å². The molecule has 0 unspecified atom stereocenters. The number of benzene rings is 8. The maximum atomic E-state index is 4.84. The zero-order valence-corrected chi connectivity index (χ0v) is 33.7. The standard InChI is InChI=1S/C58H38N4/c1-2-22-49(23-3-1)61-54-30-29-48(38-52(54)58-56(61)28-12-32-60-58)46-20-9-18-44(36-46)42-16-7-14-40(34-42)39-13-6-15-41(33-39)43-17-8-19-45(35-43)47-21-10-24-50(37-47)62-53-26-5-4-25-51(53)57-55(62)27-11-31-59-57/h1-38H. The molecule has 0 N–H and O–H groups in total. The predicted molar refractivity (Wildman–Crippen MR) is 258 cm³/mol. The first-order valence-electron chi connectivity index (χ1n) is 21.0. The average Bonchev–Trinajstić information content (AvgIpc) is 3.87. The highest BCUT2D eigenvalue weighted by atomic mass is 15.0. The minimum atomic E-state index is 1.01. The van der Waals surface area contributed by atoms with Crippen LogP contribution in [0, 0.1) is 0 Å². The third-order valence-corrected chi connectivity index (χ3v) is 12.2. The fourth-order valence-electron chi connectivity index (χ4n) is 9.27. The third-order valence-electron chi connectivity index (χ3n) is 12.2. The van der Waals surface area contributed by atoms with Crippen LogP contribution in [0.15, 0.2) is 231 Å². The van der Waals surface area contributed by atoms with Crippen LogP contribution < -0.4 is 0 Å². The van der Waals surface area contributed by atoms with Crippen LogP contribution in [0.5, 0.6) is 0 Å². The van der Waals surface area contributed by atoms with Crippen molar-refractivity contribution in [2.45, 2.75) is 0 Å². The van der Waals surface area contributed by atoms with Crippen molar-refractivity contribution < 1.29 is 0 Å². The van der Waals surface area contributed by atoms with Gasteiger partial charge in [-0.15, -0.1) is 0 Å². The van der Waals surface area contributed by atoms with Crippen LogP contribution in [0.2, 0.25) is 0 Å². The first-order chi connectivity index (χ1) is 30.7. The first-order valence-corrected chi connectivity index (χ1v) is 21.0. The maximum absolute atomic E-state index is 4.84. The summed E-state index contributed by atoms with van der Waals surface area (Å²) in [6.07, 6.45) is 3.76. The summed E-state index contributed by atoms with van der Waals surface area (Å²) in [6, 6.07) is 78.5. The van der Waals surface area contributed by atoms with E-state index in [0.717, 1.165) is 55.2 Å². The number of nitrogens with zero attached hydrogens (tertiary/aromatic N) is 4. The van der Waals surface area contributed by atoms with E-state index >= 15 is 0 Å². The van der Waals surface area contributed by atoms with Gasteiger partial charge in [0.2, 0.25) is 0 Å². The quantitative estimate of drug-likeness (QED) is 0.161. The van der Waals surface area contributed by atoms with Crippen LogP contribution in [0.3, 0.4) is 0 Å². The van der Waals surface area contributed by atoms with Gasteiger partial charge in [0.15, 0.2) is 0 Å². The predicted octanol–water partition coefficient (Wildman–Crippen LogP) is 15.0. The summed E-state index contributed by atoms with van der Waals surface area (Å²) in [6.45, 7) is 0. The van der Waals surface area contributed by atoms with Gasteiger partial charge in [-0.05, 0) is 147 Å². The van der Waals surface area contributed by atoms with Gasteiger partial charge < -0.3 is 9.13 Å². The van der Waals surface area contributed by atoms with Crippen molar-refractivity contribution in [1.29, 1.82) is 0 Å². The molecule has 62 heavy (non-hydrogen) atoms. The lowest BCUT2D eigenvalue weighted by atomic mass is 9.94. The number of hydrogen-bond donors (Lipinski definition) is 0. The molecular weight excluding hydrogens is 753 g/mol. The molecule has 0 aliphatic carbocycles. The Morgan fingerprint density at radius 1 is 0.242 bits per heavy atom. The molecule has 290 valence electrons. The molecule has 0 amide bonds. The Bertz CT molecular complexity index is 3600. The SMILES string of the molecule is c1ccc(-n2c3ccc(-c4cccc(-c5cccc(-c6cccc(-c7cccc(-c8cccc(-n9c%10ccccc%10c%10ncccc%109)c8)c7)c6)c5)c4)cc3c3ncccc32)cc1. The van der Waals surface area contributed by atoms with Crippen LogP contribution in [-0.2, 0) is 0 Å². The van der Waals surface area contributed by atoms with E-state index < -0.39 is 0 Å². The first kappa shape index (κ1) is 35.6. The third kappa shape index (κ3) is 6.08. The smallest absolute Gasteiger partial charge is 0.0963 e. The minimum absolute atomic E-state index is 1.01. The van der Waals surface area contributed by atoms with Gasteiger partial charge in [0, 0.05) is 34.5 Å². The molecule has 4 nitrogen and oxygen atoms in total. The summed E-state index contributed by atoms with van der Waals surface area (Å²) >= 11 is 0. The zero-order chi connectivity index (χ0) is 41.0. The van der Waals surface area contributed by atoms with Gasteiger partial charge in [-0.25, -0.2) is 0 Å². The van der Waals surface area contributed by atoms with E-state index in [1.54, 1.807) is 0 Å². The summed E-state index contributed by atoms with van der Waals surface area (Å²) in [5.74, 6) is 0. The van der Waals surface area contributed by atoms with Crippen LogP contribution in [-0.4, -0.2) is 19.1 Å². The van der Waals surface area contributed by atoms with E-state index in [4.69, 9.17) is 9.97 Å². The molecule has 4 heteroatoms. The van der Waals surface area contributed by atoms with Crippen molar-refractivity contribution in [2.75, 3.05) is 0 Å². The second-order valence-electron chi connectivity index (χ2n) is 15.9. The average molecular weight is 791 g/mol. The van der Waals surface area contributed by atoms with Gasteiger partial charge in [0.1, 0.15) is 0 Å². The van der Waals surface area contributed by atoms with E-state index in [-0.39, 0.29) is 0 Å². The van der Waals surface area contributed by atoms with E-state index in [9.17, 15) is 0 Å². The van der Waals surface area contributed by atoms with Gasteiger partial charge in [0.25, 0.3) is 0 Å². The molecule has 0 atom stereocenters. The van der Waals surface area contributed by atoms with Crippen molar-refractivity contribution >= 4 is 43.9 Å². The minimum Gasteiger partial charge on any atom is -0.308 e. The number of aromatic nitrogens is 4. The Morgan fingerprint density at radius 3 is 1.18 bits per heavy atom. The Balaban J connectivity index is 0.855. The molecule has 0 aliphatic heterocycles. The number of rotatable bonds is 7. The Morgan fingerprint density at radius 2 is 0.629 bits per heavy atom. The summed E-state index contributed by atoms with van der Waals surface area (Å²) in [4.78, 5) is 9.59. The van der Waals surface area contributed by atoms with Crippen molar-refractivity contribution in [2.24, 2.45) is 0 Å². The van der Waals surface area contributed by atoms with Crippen molar-refractivity contribution in [3.05, 3.63) is 231 Å². The second-order valence-corrected chi connectivity index (χ2v) is 15.9. The highest BCUT2D eigenvalue weighted by Gasteiger charge is 2.16. The maximum Gasteiger partial charge on any atom is 0.0963 e. The summed E-state index contributed by atoms with van der Waals surface area (Å²) in [5, 5.41) is 2.30. The van der Waals surface area contributed by atoms with Gasteiger partial charge in [-0.1, -0.05) is 127 Å². The molecule has 0 fully saturated rings. The van der Waals surface area contributed by atoms with E-state index in [1.807, 2.05) is 24.5 Å². The zero-order valence-electron chi connectivity index (χ0n) is 33.7. The van der Waals surface area contributed by atoms with Gasteiger partial charge in [-0.3, -0.25) is 9.97 Å². The van der Waals surface area contributed by atoms with Gasteiger partial charge >= 0.3 is 0 Å². The molecule has 8 aromatic carbocycles. The van der Waals surface area contributed by atoms with Crippen molar-refractivity contribution in [3.8, 4) is 67.0 Å². The van der Waals surface area contributed by atoms with Crippen LogP contribution in [0.1, 0.15) is 0 Å². The highest BCUT2D eigenvalue weighted by molar-refractivity contribution is 6.09. The molecule has 0 saturated carbocycles. The van der Waals surface area contributed by atoms with Gasteiger partial charge in [-0.2, -0.15) is 0 Å². The highest BCUT2D eigenvalue weighted by Crippen LogP contribution is 2.37. The molecule has 0 spiro atoms. The molecule has 0 aliphatic rings. The molecule has 0 bridgehead atoms. The molecule has 0 saturated heterocycles. The van der Waals surface area contributed by atoms with Crippen LogP contribution in [0.4, 0.5) is 0 Å². The lowest BCUT2D eigenvalue weighted by Gasteiger charge is -2.12. The summed E-state index contributed by atoms with van der Waals surface area (Å²) < 4.78 is 4.63. The topological polar surface area (TPSA) is 35.6 Å². The normalized spacial score (nSPS) is 11.5. The lowest BCUT2D eigenvalue weighted by Crippen LogP contribution is -1.94. The second kappa shape index (κ2) is 14.7. The van der Waals surface area contributed by atoms with Crippen LogP contribution in [0.25, 0.3) is 111 Å². The lowest BCUT2D eigenvalue weighted by molar-refractivity contribution is 1.18. The van der Waals surface area contributed by atoms with Crippen molar-refractivity contribution in [3.63, 3.8) is 0 Å². The van der Waals surface area contributed by atoms with E-state index in [1.165, 1.54) is 55.6 Å². The summed E-state index contributed by atoms with van der Waals surface area (Å²) in [7, 11) is 0. The largest absolute Gasteiger partial charge is 0.308 e. The summed E-state index contributed by atoms with van der Waals surface area (Å²) in [5.41, 5.74) is 20.5. The fraction of sp³-hybridized carbons (Fsp3) is 0. The number of para-hydroxylation sites is 2. The molecular formula is C58H38N4. The number of hydrogen-bond acceptors (Lipinski definition) is 2. The van der Waals surface area contributed by atoms with E-state index in [0.29, 0.717) is 0 Å². The molecule has 12 rings (SSSR count). The molecule has 0 radical (unpaired) electrons. The monoisotopic (exact) mass is 790 g/mol. The molecule has 12 aromatic rings. The number of pyridine rings is 2. The van der Waals surface area contributed by atoms with Crippen molar-refractivity contribution in [1.82, 2.24) is 19.1 Å². The Labute approximate surface area is 359 Å². The Hall–Kier alpha value is -8.34.